The molecule has 1 aromatic carbocycles. The first kappa shape index (κ1) is 19.2. The van der Waals surface area contributed by atoms with Gasteiger partial charge >= 0.3 is 0 Å². The summed E-state index contributed by atoms with van der Waals surface area (Å²) in [4.78, 5) is 0.337. The first-order chi connectivity index (χ1) is 9.93. The SMILES string of the molecule is CNCC1CCN(S(=O)(=O)c2ccc(OC(C)C)cc2)C1.Cl. The topological polar surface area (TPSA) is 58.6 Å². The molecule has 1 saturated heterocycles. The van der Waals surface area contributed by atoms with Crippen molar-refractivity contribution >= 4 is 22.4 Å². The Labute approximate surface area is 139 Å². The van der Waals surface area contributed by atoms with Crippen molar-refractivity contribution in [2.75, 3.05) is 26.7 Å². The normalized spacial score (nSPS) is 19.2. The molecule has 1 N–H and O–H groups in total. The highest BCUT2D eigenvalue weighted by molar-refractivity contribution is 7.89. The Balaban J connectivity index is 0.00000242. The number of nitrogens with one attached hydrogen (secondary N) is 1. The van der Waals surface area contributed by atoms with Crippen molar-refractivity contribution in [3.05, 3.63) is 24.3 Å². The van der Waals surface area contributed by atoms with Crippen LogP contribution in [0.25, 0.3) is 0 Å². The minimum Gasteiger partial charge on any atom is -0.491 e. The molecular formula is C15H25ClN2O3S. The average molecular weight is 349 g/mol. The Morgan fingerprint density at radius 3 is 2.50 bits per heavy atom. The van der Waals surface area contributed by atoms with Gasteiger partial charge < -0.3 is 10.1 Å². The van der Waals surface area contributed by atoms with Gasteiger partial charge in [-0.15, -0.1) is 12.4 Å². The lowest BCUT2D eigenvalue weighted by Crippen LogP contribution is -2.30. The number of hydrogen-bond acceptors (Lipinski definition) is 4. The van der Waals surface area contributed by atoms with E-state index in [2.05, 4.69) is 5.32 Å². The Bertz CT molecular complexity index is 561. The molecule has 2 rings (SSSR count). The summed E-state index contributed by atoms with van der Waals surface area (Å²) in [6.07, 6.45) is 0.988. The number of rotatable bonds is 6. The zero-order chi connectivity index (χ0) is 15.5. The summed E-state index contributed by atoms with van der Waals surface area (Å²) in [6, 6.07) is 6.68. The van der Waals surface area contributed by atoms with Gasteiger partial charge in [0.05, 0.1) is 11.0 Å². The summed E-state index contributed by atoms with van der Waals surface area (Å²) in [6.45, 7) is 5.92. The van der Waals surface area contributed by atoms with E-state index in [1.807, 2.05) is 20.9 Å². The van der Waals surface area contributed by atoms with Crippen LogP contribution in [-0.2, 0) is 10.0 Å². The van der Waals surface area contributed by atoms with Crippen LogP contribution < -0.4 is 10.1 Å². The van der Waals surface area contributed by atoms with E-state index in [-0.39, 0.29) is 18.5 Å². The van der Waals surface area contributed by atoms with Crippen molar-refractivity contribution in [1.29, 1.82) is 0 Å². The third-order valence-electron chi connectivity index (χ3n) is 3.57. The molecule has 126 valence electrons. The number of benzene rings is 1. The van der Waals surface area contributed by atoms with Gasteiger partial charge in [-0.25, -0.2) is 8.42 Å². The van der Waals surface area contributed by atoms with E-state index in [1.54, 1.807) is 28.6 Å². The molecule has 5 nitrogen and oxygen atoms in total. The number of nitrogens with zero attached hydrogens (tertiary/aromatic N) is 1. The van der Waals surface area contributed by atoms with Crippen LogP contribution in [0.1, 0.15) is 20.3 Å². The van der Waals surface area contributed by atoms with E-state index < -0.39 is 10.0 Å². The number of halogens is 1. The first-order valence-corrected chi connectivity index (χ1v) is 8.79. The van der Waals surface area contributed by atoms with Crippen molar-refractivity contribution in [2.24, 2.45) is 5.92 Å². The molecule has 1 aliphatic heterocycles. The zero-order valence-electron chi connectivity index (χ0n) is 13.3. The van der Waals surface area contributed by atoms with Crippen LogP contribution in [0.5, 0.6) is 5.75 Å². The highest BCUT2D eigenvalue weighted by atomic mass is 35.5. The predicted octanol–water partition coefficient (Wildman–Crippen LogP) is 2.13. The summed E-state index contributed by atoms with van der Waals surface area (Å²) in [5.74, 6) is 1.09. The summed E-state index contributed by atoms with van der Waals surface area (Å²) in [5.41, 5.74) is 0. The molecule has 0 bridgehead atoms. The second kappa shape index (κ2) is 8.15. The van der Waals surface area contributed by atoms with Gasteiger partial charge in [0, 0.05) is 13.1 Å². The molecule has 7 heteroatoms. The summed E-state index contributed by atoms with van der Waals surface area (Å²) >= 11 is 0. The molecule has 1 heterocycles. The van der Waals surface area contributed by atoms with E-state index >= 15 is 0 Å². The maximum atomic E-state index is 12.6. The van der Waals surface area contributed by atoms with Gasteiger partial charge in [-0.2, -0.15) is 4.31 Å². The molecule has 0 radical (unpaired) electrons. The van der Waals surface area contributed by atoms with Gasteiger partial charge in [-0.3, -0.25) is 0 Å². The third kappa shape index (κ3) is 4.59. The Hall–Kier alpha value is -0.820. The molecule has 0 spiro atoms. The zero-order valence-corrected chi connectivity index (χ0v) is 14.9. The standard InChI is InChI=1S/C15H24N2O3S.ClH/c1-12(2)20-14-4-6-15(7-5-14)21(18,19)17-9-8-13(11-17)10-16-3;/h4-7,12-13,16H,8-11H2,1-3H3;1H. The van der Waals surface area contributed by atoms with Crippen LogP contribution in [-0.4, -0.2) is 45.5 Å². The van der Waals surface area contributed by atoms with Crippen LogP contribution in [0.15, 0.2) is 29.2 Å². The Kier molecular flexibility index (Phi) is 7.12. The lowest BCUT2D eigenvalue weighted by molar-refractivity contribution is 0.242. The summed E-state index contributed by atoms with van der Waals surface area (Å²) < 4.78 is 32.3. The van der Waals surface area contributed by atoms with E-state index in [1.165, 1.54) is 0 Å². The number of ether oxygens (including phenoxy) is 1. The molecule has 0 aromatic heterocycles. The molecule has 1 aromatic rings. The minimum atomic E-state index is -3.39. The highest BCUT2D eigenvalue weighted by Crippen LogP contribution is 2.25. The monoisotopic (exact) mass is 348 g/mol. The maximum Gasteiger partial charge on any atom is 0.243 e. The molecule has 1 fully saturated rings. The molecule has 0 saturated carbocycles. The van der Waals surface area contributed by atoms with Crippen molar-refractivity contribution in [1.82, 2.24) is 9.62 Å². The lowest BCUT2D eigenvalue weighted by atomic mass is 10.1. The first-order valence-electron chi connectivity index (χ1n) is 7.35. The van der Waals surface area contributed by atoms with Crippen molar-refractivity contribution in [3.8, 4) is 5.75 Å². The van der Waals surface area contributed by atoms with Crippen LogP contribution in [0, 0.1) is 5.92 Å². The molecular weight excluding hydrogens is 324 g/mol. The molecule has 1 unspecified atom stereocenters. The van der Waals surface area contributed by atoms with Crippen molar-refractivity contribution in [2.45, 2.75) is 31.3 Å². The Morgan fingerprint density at radius 1 is 1.32 bits per heavy atom. The van der Waals surface area contributed by atoms with Crippen molar-refractivity contribution in [3.63, 3.8) is 0 Å². The fourth-order valence-electron chi connectivity index (χ4n) is 2.58. The fourth-order valence-corrected chi connectivity index (χ4v) is 4.11. The summed E-state index contributed by atoms with van der Waals surface area (Å²) in [7, 11) is -1.49. The van der Waals surface area contributed by atoms with Crippen LogP contribution in [0.2, 0.25) is 0 Å². The quantitative estimate of drug-likeness (QED) is 0.855. The minimum absolute atomic E-state index is 0. The maximum absolute atomic E-state index is 12.6. The van der Waals surface area contributed by atoms with E-state index in [4.69, 9.17) is 4.74 Å². The summed E-state index contributed by atoms with van der Waals surface area (Å²) in [5, 5.41) is 3.11. The fraction of sp³-hybridized carbons (Fsp3) is 0.600. The Morgan fingerprint density at radius 2 is 1.95 bits per heavy atom. The molecule has 0 aliphatic carbocycles. The molecule has 1 aliphatic rings. The van der Waals surface area contributed by atoms with Gasteiger partial charge in [0.15, 0.2) is 0 Å². The lowest BCUT2D eigenvalue weighted by Gasteiger charge is -2.17. The van der Waals surface area contributed by atoms with Crippen LogP contribution in [0.4, 0.5) is 0 Å². The second-order valence-corrected chi connectivity index (χ2v) is 7.65. The smallest absolute Gasteiger partial charge is 0.243 e. The van der Waals surface area contributed by atoms with Gasteiger partial charge in [0.25, 0.3) is 0 Å². The highest BCUT2D eigenvalue weighted by Gasteiger charge is 2.32. The average Bonchev–Trinajstić information content (AvgIpc) is 2.88. The van der Waals surface area contributed by atoms with E-state index in [9.17, 15) is 8.42 Å². The van der Waals surface area contributed by atoms with Gasteiger partial charge in [-0.1, -0.05) is 0 Å². The van der Waals surface area contributed by atoms with Crippen molar-refractivity contribution < 1.29 is 13.2 Å². The molecule has 22 heavy (non-hydrogen) atoms. The van der Waals surface area contributed by atoms with Gasteiger partial charge in [0.2, 0.25) is 10.0 Å². The van der Waals surface area contributed by atoms with E-state index in [0.717, 1.165) is 13.0 Å². The van der Waals surface area contributed by atoms with E-state index in [0.29, 0.717) is 29.7 Å². The number of hydrogen-bond donors (Lipinski definition) is 1. The molecule has 0 amide bonds. The van der Waals surface area contributed by atoms with Gasteiger partial charge in [-0.05, 0) is 64.0 Å². The second-order valence-electron chi connectivity index (χ2n) is 5.71. The van der Waals surface area contributed by atoms with Gasteiger partial charge in [0.1, 0.15) is 5.75 Å². The largest absolute Gasteiger partial charge is 0.491 e. The van der Waals surface area contributed by atoms with Crippen LogP contribution >= 0.6 is 12.4 Å². The van der Waals surface area contributed by atoms with Crippen LogP contribution in [0.3, 0.4) is 0 Å². The molecule has 1 atom stereocenters. The predicted molar refractivity (Wildman–Crippen MR) is 90.2 cm³/mol. The number of sulfonamides is 1. The third-order valence-corrected chi connectivity index (χ3v) is 5.45.